The van der Waals surface area contributed by atoms with Crippen LogP contribution in [0.25, 0.3) is 21.5 Å². The van der Waals surface area contributed by atoms with Gasteiger partial charge in [-0.25, -0.2) is 4.98 Å². The summed E-state index contributed by atoms with van der Waals surface area (Å²) in [5.41, 5.74) is 1.60. The summed E-state index contributed by atoms with van der Waals surface area (Å²) in [5.74, 6) is 0.0370. The number of hydrogen-bond acceptors (Lipinski definition) is 5. The molecular formula is C18H17N3O3S. The van der Waals surface area contributed by atoms with Crippen LogP contribution >= 0.6 is 11.3 Å². The molecule has 4 rings (SSSR count). The summed E-state index contributed by atoms with van der Waals surface area (Å²) in [6.07, 6.45) is 1.77. The van der Waals surface area contributed by atoms with E-state index in [4.69, 9.17) is 4.74 Å². The number of carbonyl (C=O) groups excluding carboxylic acids is 1. The van der Waals surface area contributed by atoms with Crippen molar-refractivity contribution in [1.29, 1.82) is 0 Å². The fraction of sp³-hybridized carbons (Fsp3) is 0.278. The number of pyridine rings is 2. The molecule has 1 amide bonds. The van der Waals surface area contributed by atoms with E-state index in [9.17, 15) is 9.59 Å². The first-order valence-electron chi connectivity index (χ1n) is 8.06. The Kier molecular flexibility index (Phi) is 4.10. The number of rotatable bonds is 2. The van der Waals surface area contributed by atoms with Gasteiger partial charge in [0, 0.05) is 43.4 Å². The Hall–Kier alpha value is -2.51. The van der Waals surface area contributed by atoms with Gasteiger partial charge in [-0.3, -0.25) is 9.59 Å². The van der Waals surface area contributed by atoms with Crippen molar-refractivity contribution < 1.29 is 9.53 Å². The van der Waals surface area contributed by atoms with E-state index in [0.29, 0.717) is 31.2 Å². The third-order valence-electron chi connectivity index (χ3n) is 4.27. The predicted molar refractivity (Wildman–Crippen MR) is 97.0 cm³/mol. The van der Waals surface area contributed by atoms with Crippen LogP contribution in [0, 0.1) is 0 Å². The van der Waals surface area contributed by atoms with Crippen LogP contribution in [0.2, 0.25) is 0 Å². The van der Waals surface area contributed by atoms with Crippen molar-refractivity contribution in [3.05, 3.63) is 51.8 Å². The summed E-state index contributed by atoms with van der Waals surface area (Å²) in [5, 5.41) is 0.954. The lowest BCUT2D eigenvalue weighted by Crippen LogP contribution is -2.40. The molecule has 0 radical (unpaired) electrons. The largest absolute Gasteiger partial charge is 0.378 e. The number of ether oxygens (including phenoxy) is 1. The Morgan fingerprint density at radius 2 is 2.00 bits per heavy atom. The van der Waals surface area contributed by atoms with Crippen LogP contribution in [0.3, 0.4) is 0 Å². The molecule has 0 bridgehead atoms. The number of aromatic nitrogens is 2. The van der Waals surface area contributed by atoms with Gasteiger partial charge in [0.1, 0.15) is 4.83 Å². The minimum atomic E-state index is -0.0562. The van der Waals surface area contributed by atoms with E-state index in [1.165, 1.54) is 22.0 Å². The van der Waals surface area contributed by atoms with E-state index in [1.54, 1.807) is 19.3 Å². The van der Waals surface area contributed by atoms with Crippen molar-refractivity contribution in [1.82, 2.24) is 14.5 Å². The van der Waals surface area contributed by atoms with Crippen molar-refractivity contribution in [2.75, 3.05) is 26.3 Å². The summed E-state index contributed by atoms with van der Waals surface area (Å²) < 4.78 is 6.83. The Labute approximate surface area is 148 Å². The quantitative estimate of drug-likeness (QED) is 0.706. The molecule has 3 aromatic heterocycles. The minimum Gasteiger partial charge on any atom is -0.378 e. The summed E-state index contributed by atoms with van der Waals surface area (Å²) >= 11 is 1.40. The lowest BCUT2D eigenvalue weighted by molar-refractivity contribution is 0.0306. The highest BCUT2D eigenvalue weighted by Crippen LogP contribution is 2.28. The maximum atomic E-state index is 12.6. The van der Waals surface area contributed by atoms with Crippen molar-refractivity contribution in [2.45, 2.75) is 0 Å². The third-order valence-corrected chi connectivity index (χ3v) is 5.31. The molecule has 1 aliphatic rings. The average molecular weight is 355 g/mol. The summed E-state index contributed by atoms with van der Waals surface area (Å²) in [7, 11) is 1.72. The third kappa shape index (κ3) is 3.08. The zero-order valence-electron chi connectivity index (χ0n) is 13.8. The zero-order valence-corrected chi connectivity index (χ0v) is 14.6. The molecule has 1 fully saturated rings. The summed E-state index contributed by atoms with van der Waals surface area (Å²) in [6, 6.07) is 9.08. The van der Waals surface area contributed by atoms with Gasteiger partial charge in [-0.1, -0.05) is 0 Å². The van der Waals surface area contributed by atoms with Crippen LogP contribution in [0.15, 0.2) is 41.3 Å². The smallest absolute Gasteiger partial charge is 0.264 e. The first-order valence-corrected chi connectivity index (χ1v) is 8.88. The topological polar surface area (TPSA) is 64.4 Å². The molecule has 0 N–H and O–H groups in total. The molecule has 1 aliphatic heterocycles. The average Bonchev–Trinajstić information content (AvgIpc) is 3.07. The van der Waals surface area contributed by atoms with Crippen LogP contribution in [-0.4, -0.2) is 46.7 Å². The van der Waals surface area contributed by atoms with Gasteiger partial charge in [-0.15, -0.1) is 11.3 Å². The lowest BCUT2D eigenvalue weighted by atomic mass is 10.2. The molecule has 7 heteroatoms. The molecule has 25 heavy (non-hydrogen) atoms. The van der Waals surface area contributed by atoms with E-state index < -0.39 is 0 Å². The molecule has 0 saturated carbocycles. The van der Waals surface area contributed by atoms with Gasteiger partial charge in [-0.05, 0) is 24.3 Å². The van der Waals surface area contributed by atoms with Gasteiger partial charge in [0.05, 0.1) is 23.8 Å². The number of fused-ring (bicyclic) bond motifs is 1. The Bertz CT molecular complexity index is 1000. The van der Waals surface area contributed by atoms with Crippen LogP contribution < -0.4 is 5.56 Å². The summed E-state index contributed by atoms with van der Waals surface area (Å²) in [6.45, 7) is 2.44. The van der Waals surface area contributed by atoms with E-state index in [2.05, 4.69) is 4.98 Å². The molecule has 0 aromatic carbocycles. The van der Waals surface area contributed by atoms with E-state index >= 15 is 0 Å². The molecule has 0 aliphatic carbocycles. The minimum absolute atomic E-state index is 0.0370. The first kappa shape index (κ1) is 16.0. The molecule has 0 atom stereocenters. The van der Waals surface area contributed by atoms with Crippen LogP contribution in [0.5, 0.6) is 0 Å². The van der Waals surface area contributed by atoms with Gasteiger partial charge in [0.25, 0.3) is 5.91 Å². The van der Waals surface area contributed by atoms with Crippen LogP contribution in [0.4, 0.5) is 0 Å². The maximum absolute atomic E-state index is 12.6. The van der Waals surface area contributed by atoms with Crippen molar-refractivity contribution >= 4 is 27.5 Å². The lowest BCUT2D eigenvalue weighted by Gasteiger charge is -2.26. The molecule has 4 heterocycles. The zero-order chi connectivity index (χ0) is 17.4. The van der Waals surface area contributed by atoms with Gasteiger partial charge in [-0.2, -0.15) is 0 Å². The van der Waals surface area contributed by atoms with E-state index in [0.717, 1.165) is 21.5 Å². The van der Waals surface area contributed by atoms with Crippen molar-refractivity contribution in [3.63, 3.8) is 0 Å². The van der Waals surface area contributed by atoms with Gasteiger partial charge >= 0.3 is 0 Å². The number of morpholine rings is 1. The summed E-state index contributed by atoms with van der Waals surface area (Å²) in [4.78, 5) is 32.2. The molecule has 0 spiro atoms. The number of amides is 1. The predicted octanol–water partition coefficient (Wildman–Crippen LogP) is 2.13. The Morgan fingerprint density at radius 1 is 1.20 bits per heavy atom. The number of thiophene rings is 1. The number of nitrogens with zero attached hydrogens (tertiary/aromatic N) is 3. The van der Waals surface area contributed by atoms with Gasteiger partial charge < -0.3 is 14.2 Å². The second-order valence-electron chi connectivity index (χ2n) is 5.97. The first-order chi connectivity index (χ1) is 12.1. The van der Waals surface area contributed by atoms with E-state index in [-0.39, 0.29) is 11.5 Å². The van der Waals surface area contributed by atoms with Gasteiger partial charge in [0.2, 0.25) is 5.56 Å². The normalized spacial score (nSPS) is 14.8. The second kappa shape index (κ2) is 6.42. The van der Waals surface area contributed by atoms with Crippen molar-refractivity contribution in [3.8, 4) is 11.3 Å². The maximum Gasteiger partial charge on any atom is 0.264 e. The molecule has 6 nitrogen and oxygen atoms in total. The number of hydrogen-bond donors (Lipinski definition) is 0. The highest BCUT2D eigenvalue weighted by Gasteiger charge is 2.20. The highest BCUT2D eigenvalue weighted by atomic mass is 32.1. The second-order valence-corrected chi connectivity index (χ2v) is 7.00. The molecule has 3 aromatic rings. The van der Waals surface area contributed by atoms with Crippen molar-refractivity contribution in [2.24, 2.45) is 7.05 Å². The van der Waals surface area contributed by atoms with Gasteiger partial charge in [0.15, 0.2) is 0 Å². The fourth-order valence-electron chi connectivity index (χ4n) is 2.85. The standard InChI is InChI=1S/C18H17N3O3S/c1-20-11-13(3-5-16(20)22)14-4-2-12-10-15(25-17(12)19-14)18(23)21-6-8-24-9-7-21/h2-5,10-11H,6-9H2,1H3. The number of carbonyl (C=O) groups is 1. The van der Waals surface area contributed by atoms with Crippen LogP contribution in [-0.2, 0) is 11.8 Å². The molecule has 128 valence electrons. The molecular weight excluding hydrogens is 338 g/mol. The SMILES string of the molecule is Cn1cc(-c2ccc3cc(C(=O)N4CCOCC4)sc3n2)ccc1=O. The Balaban J connectivity index is 1.68. The Morgan fingerprint density at radius 3 is 2.76 bits per heavy atom. The van der Waals surface area contributed by atoms with Crippen LogP contribution in [0.1, 0.15) is 9.67 Å². The molecule has 1 saturated heterocycles. The monoisotopic (exact) mass is 355 g/mol. The molecule has 0 unspecified atom stereocenters. The van der Waals surface area contributed by atoms with E-state index in [1.807, 2.05) is 23.1 Å². The fourth-order valence-corrected chi connectivity index (χ4v) is 3.85. The highest BCUT2D eigenvalue weighted by molar-refractivity contribution is 7.20. The number of aryl methyl sites for hydroxylation is 1.